The third kappa shape index (κ3) is 6.26. The summed E-state index contributed by atoms with van der Waals surface area (Å²) in [5.41, 5.74) is 1.72. The second kappa shape index (κ2) is 10.5. The van der Waals surface area contributed by atoms with Crippen LogP contribution in [-0.2, 0) is 27.4 Å². The monoisotopic (exact) mass is 430 g/mol. The summed E-state index contributed by atoms with van der Waals surface area (Å²) >= 11 is 0. The second-order valence-corrected chi connectivity index (χ2v) is 6.91. The number of ether oxygens (including phenoxy) is 5. The first-order valence-electron chi connectivity index (χ1n) is 9.67. The molecule has 2 aromatic rings. The summed E-state index contributed by atoms with van der Waals surface area (Å²) in [6.07, 6.45) is 0. The predicted molar refractivity (Wildman–Crippen MR) is 111 cm³/mol. The third-order valence-corrected chi connectivity index (χ3v) is 4.69. The van der Waals surface area contributed by atoms with E-state index in [2.05, 4.69) is 5.32 Å². The van der Waals surface area contributed by atoms with E-state index in [-0.39, 0.29) is 25.8 Å². The Morgan fingerprint density at radius 1 is 0.935 bits per heavy atom. The number of methoxy groups -OCH3 is 3. The maximum absolute atomic E-state index is 12.6. The third-order valence-electron chi connectivity index (χ3n) is 4.69. The molecule has 0 saturated heterocycles. The molecule has 3 rings (SSSR count). The number of nitrogens with zero attached hydrogens (tertiary/aromatic N) is 1. The Balaban J connectivity index is 1.63. The molecule has 0 aromatic heterocycles. The minimum absolute atomic E-state index is 0.0131. The molecule has 9 heteroatoms. The van der Waals surface area contributed by atoms with Gasteiger partial charge in [-0.05, 0) is 35.4 Å². The lowest BCUT2D eigenvalue weighted by Crippen LogP contribution is -2.39. The van der Waals surface area contributed by atoms with E-state index in [1.165, 1.54) is 7.11 Å². The van der Waals surface area contributed by atoms with E-state index in [0.717, 1.165) is 11.1 Å². The fraction of sp³-hybridized carbons (Fsp3) is 0.364. The van der Waals surface area contributed by atoms with Crippen LogP contribution in [0, 0.1) is 0 Å². The van der Waals surface area contributed by atoms with E-state index < -0.39 is 5.97 Å². The molecule has 1 heterocycles. The van der Waals surface area contributed by atoms with Gasteiger partial charge in [-0.1, -0.05) is 6.07 Å². The zero-order chi connectivity index (χ0) is 22.2. The minimum atomic E-state index is -0.432. The fourth-order valence-corrected chi connectivity index (χ4v) is 3.14. The van der Waals surface area contributed by atoms with Crippen LogP contribution in [0.25, 0.3) is 0 Å². The SMILES string of the molecule is COC(=O)CN(CC(=O)NCc1ccc2c(c1)OCO2)Cc1cc(OC)cc(OC)c1. The van der Waals surface area contributed by atoms with Crippen molar-refractivity contribution in [3.05, 3.63) is 47.5 Å². The molecule has 1 aliphatic heterocycles. The van der Waals surface area contributed by atoms with Crippen molar-refractivity contribution in [2.45, 2.75) is 13.1 Å². The van der Waals surface area contributed by atoms with Gasteiger partial charge in [0.25, 0.3) is 0 Å². The molecular weight excluding hydrogens is 404 g/mol. The van der Waals surface area contributed by atoms with Crippen molar-refractivity contribution in [1.82, 2.24) is 10.2 Å². The van der Waals surface area contributed by atoms with E-state index in [1.807, 2.05) is 30.3 Å². The van der Waals surface area contributed by atoms with Crippen LogP contribution in [-0.4, -0.2) is 58.0 Å². The van der Waals surface area contributed by atoms with Crippen molar-refractivity contribution in [1.29, 1.82) is 0 Å². The molecule has 0 saturated carbocycles. The smallest absolute Gasteiger partial charge is 0.319 e. The topological polar surface area (TPSA) is 95.6 Å². The number of hydrogen-bond donors (Lipinski definition) is 1. The van der Waals surface area contributed by atoms with E-state index in [1.54, 1.807) is 25.2 Å². The van der Waals surface area contributed by atoms with E-state index in [0.29, 0.717) is 36.1 Å². The van der Waals surface area contributed by atoms with Gasteiger partial charge in [-0.25, -0.2) is 0 Å². The molecule has 0 unspecified atom stereocenters. The summed E-state index contributed by atoms with van der Waals surface area (Å²) < 4.78 is 26.0. The number of esters is 1. The highest BCUT2D eigenvalue weighted by Gasteiger charge is 2.17. The second-order valence-electron chi connectivity index (χ2n) is 6.91. The summed E-state index contributed by atoms with van der Waals surface area (Å²) in [6.45, 7) is 0.837. The maximum Gasteiger partial charge on any atom is 0.319 e. The highest BCUT2D eigenvalue weighted by Crippen LogP contribution is 2.32. The Bertz CT molecular complexity index is 910. The average molecular weight is 430 g/mol. The quantitative estimate of drug-likeness (QED) is 0.570. The van der Waals surface area contributed by atoms with Gasteiger partial charge in [0.15, 0.2) is 11.5 Å². The molecule has 0 aliphatic carbocycles. The molecule has 2 aromatic carbocycles. The van der Waals surface area contributed by atoms with Crippen LogP contribution >= 0.6 is 0 Å². The van der Waals surface area contributed by atoms with Gasteiger partial charge >= 0.3 is 5.97 Å². The van der Waals surface area contributed by atoms with Gasteiger partial charge in [-0.3, -0.25) is 14.5 Å². The number of benzene rings is 2. The minimum Gasteiger partial charge on any atom is -0.497 e. The van der Waals surface area contributed by atoms with Crippen molar-refractivity contribution in [3.8, 4) is 23.0 Å². The van der Waals surface area contributed by atoms with Crippen LogP contribution in [0.1, 0.15) is 11.1 Å². The van der Waals surface area contributed by atoms with Gasteiger partial charge in [0, 0.05) is 19.2 Å². The van der Waals surface area contributed by atoms with Gasteiger partial charge in [0.2, 0.25) is 12.7 Å². The Labute approximate surface area is 180 Å². The van der Waals surface area contributed by atoms with Crippen molar-refractivity contribution < 1.29 is 33.3 Å². The van der Waals surface area contributed by atoms with Gasteiger partial charge < -0.3 is 29.0 Å². The number of carbonyl (C=O) groups excluding carboxylic acids is 2. The molecule has 1 amide bonds. The Kier molecular flexibility index (Phi) is 7.55. The number of fused-ring (bicyclic) bond motifs is 1. The van der Waals surface area contributed by atoms with Crippen LogP contribution in [0.15, 0.2) is 36.4 Å². The average Bonchev–Trinajstić information content (AvgIpc) is 3.25. The van der Waals surface area contributed by atoms with Gasteiger partial charge in [-0.2, -0.15) is 0 Å². The normalized spacial score (nSPS) is 11.9. The standard InChI is InChI=1S/C22H26N2O7/c1-27-17-6-16(7-18(9-17)28-2)11-24(13-22(26)29-3)12-21(25)23-10-15-4-5-19-20(8-15)31-14-30-19/h4-9H,10-14H2,1-3H3,(H,23,25). The summed E-state index contributed by atoms with van der Waals surface area (Å²) in [4.78, 5) is 26.1. The van der Waals surface area contributed by atoms with Crippen LogP contribution in [0.3, 0.4) is 0 Å². The number of carbonyl (C=O) groups is 2. The highest BCUT2D eigenvalue weighted by molar-refractivity contribution is 5.79. The first-order chi connectivity index (χ1) is 15.0. The maximum atomic E-state index is 12.6. The molecule has 0 bridgehead atoms. The number of rotatable bonds is 10. The summed E-state index contributed by atoms with van der Waals surface area (Å²) in [5, 5.41) is 2.86. The summed E-state index contributed by atoms with van der Waals surface area (Å²) in [7, 11) is 4.44. The zero-order valence-electron chi connectivity index (χ0n) is 17.8. The fourth-order valence-electron chi connectivity index (χ4n) is 3.14. The summed E-state index contributed by atoms with van der Waals surface area (Å²) in [6, 6.07) is 10.9. The van der Waals surface area contributed by atoms with Gasteiger partial charge in [-0.15, -0.1) is 0 Å². The van der Waals surface area contributed by atoms with Crippen molar-refractivity contribution in [3.63, 3.8) is 0 Å². The lowest BCUT2D eigenvalue weighted by molar-refractivity contribution is -0.142. The van der Waals surface area contributed by atoms with Gasteiger partial charge in [0.1, 0.15) is 11.5 Å². The number of amides is 1. The van der Waals surface area contributed by atoms with Crippen LogP contribution in [0.2, 0.25) is 0 Å². The van der Waals surface area contributed by atoms with E-state index >= 15 is 0 Å². The zero-order valence-corrected chi connectivity index (χ0v) is 17.8. The predicted octanol–water partition coefficient (Wildman–Crippen LogP) is 1.72. The molecule has 0 atom stereocenters. The largest absolute Gasteiger partial charge is 0.497 e. The number of hydrogen-bond acceptors (Lipinski definition) is 8. The van der Waals surface area contributed by atoms with E-state index in [9.17, 15) is 9.59 Å². The molecule has 166 valence electrons. The molecule has 9 nitrogen and oxygen atoms in total. The lowest BCUT2D eigenvalue weighted by atomic mass is 10.1. The molecular formula is C22H26N2O7. The van der Waals surface area contributed by atoms with Crippen LogP contribution in [0.5, 0.6) is 23.0 Å². The molecule has 1 N–H and O–H groups in total. The molecule has 0 spiro atoms. The molecule has 31 heavy (non-hydrogen) atoms. The molecule has 0 radical (unpaired) electrons. The van der Waals surface area contributed by atoms with Crippen molar-refractivity contribution in [2.24, 2.45) is 0 Å². The first-order valence-corrected chi connectivity index (χ1v) is 9.67. The van der Waals surface area contributed by atoms with Gasteiger partial charge in [0.05, 0.1) is 34.4 Å². The first kappa shape index (κ1) is 22.2. The lowest BCUT2D eigenvalue weighted by Gasteiger charge is -2.21. The Morgan fingerprint density at radius 2 is 1.65 bits per heavy atom. The van der Waals surface area contributed by atoms with Crippen molar-refractivity contribution in [2.75, 3.05) is 41.2 Å². The van der Waals surface area contributed by atoms with Crippen LogP contribution < -0.4 is 24.3 Å². The van der Waals surface area contributed by atoms with Crippen molar-refractivity contribution >= 4 is 11.9 Å². The Morgan fingerprint density at radius 3 is 2.32 bits per heavy atom. The summed E-state index contributed by atoms with van der Waals surface area (Å²) in [5.74, 6) is 1.94. The highest BCUT2D eigenvalue weighted by atomic mass is 16.7. The van der Waals surface area contributed by atoms with E-state index in [4.69, 9.17) is 23.7 Å². The number of nitrogens with one attached hydrogen (secondary N) is 1. The molecule has 0 fully saturated rings. The molecule has 1 aliphatic rings. The Hall–Kier alpha value is -3.46. The van der Waals surface area contributed by atoms with Crippen LogP contribution in [0.4, 0.5) is 0 Å².